The van der Waals surface area contributed by atoms with E-state index in [0.29, 0.717) is 12.8 Å². The van der Waals surface area contributed by atoms with E-state index in [1.54, 1.807) is 0 Å². The highest BCUT2D eigenvalue weighted by molar-refractivity contribution is 5.93. The Labute approximate surface area is 226 Å². The van der Waals surface area contributed by atoms with Crippen LogP contribution in [0, 0.1) is 13.8 Å². The third-order valence-electron chi connectivity index (χ3n) is 6.76. The third kappa shape index (κ3) is 7.91. The van der Waals surface area contributed by atoms with Gasteiger partial charge in [-0.2, -0.15) is 0 Å². The quantitative estimate of drug-likeness (QED) is 0.218. The standard InChI is InChI=1S/C34H36N2O2/c1-25-23-29(19-21-31(25)35-33(37)17-9-15-27-11-5-3-6-12-27)30-20-22-32(26(2)24-30)36-34(38)18-10-16-28-13-7-4-8-14-28/h3-8,11-14,19-24H,9-10,15-18H2,1-2H3,(H,35,37)(H,36,38). The van der Waals surface area contributed by atoms with Crippen LogP contribution in [0.25, 0.3) is 11.1 Å². The molecule has 0 bridgehead atoms. The van der Waals surface area contributed by atoms with Gasteiger partial charge in [-0.25, -0.2) is 0 Å². The van der Waals surface area contributed by atoms with Gasteiger partial charge in [-0.3, -0.25) is 9.59 Å². The molecule has 4 nitrogen and oxygen atoms in total. The van der Waals surface area contributed by atoms with Crippen molar-refractivity contribution in [1.82, 2.24) is 0 Å². The van der Waals surface area contributed by atoms with Gasteiger partial charge in [0.2, 0.25) is 11.8 Å². The fourth-order valence-electron chi connectivity index (χ4n) is 4.59. The maximum Gasteiger partial charge on any atom is 0.224 e. The van der Waals surface area contributed by atoms with Crippen LogP contribution < -0.4 is 10.6 Å². The molecule has 194 valence electrons. The van der Waals surface area contributed by atoms with E-state index in [9.17, 15) is 9.59 Å². The first-order valence-electron chi connectivity index (χ1n) is 13.4. The Morgan fingerprint density at radius 3 is 1.32 bits per heavy atom. The summed E-state index contributed by atoms with van der Waals surface area (Å²) in [7, 11) is 0. The van der Waals surface area contributed by atoms with Gasteiger partial charge in [0.1, 0.15) is 0 Å². The molecule has 4 heteroatoms. The number of benzene rings is 4. The number of hydrogen-bond acceptors (Lipinski definition) is 2. The predicted molar refractivity (Wildman–Crippen MR) is 157 cm³/mol. The first-order valence-corrected chi connectivity index (χ1v) is 13.4. The molecule has 0 heterocycles. The Bertz CT molecular complexity index is 1260. The van der Waals surface area contributed by atoms with Crippen molar-refractivity contribution in [2.45, 2.75) is 52.4 Å². The molecule has 0 saturated heterocycles. The SMILES string of the molecule is Cc1cc(-c2ccc(NC(=O)CCCc3ccccc3)c(C)c2)ccc1NC(=O)CCCc1ccccc1. The summed E-state index contributed by atoms with van der Waals surface area (Å²) < 4.78 is 0. The predicted octanol–water partition coefficient (Wildman–Crippen LogP) is 7.89. The zero-order valence-electron chi connectivity index (χ0n) is 22.3. The Balaban J connectivity index is 1.28. The van der Waals surface area contributed by atoms with Gasteiger partial charge in [-0.1, -0.05) is 72.8 Å². The molecule has 4 rings (SSSR count). The van der Waals surface area contributed by atoms with E-state index in [-0.39, 0.29) is 11.8 Å². The second kappa shape index (κ2) is 13.4. The van der Waals surface area contributed by atoms with E-state index >= 15 is 0 Å². The lowest BCUT2D eigenvalue weighted by Crippen LogP contribution is -2.12. The van der Waals surface area contributed by atoms with Crippen LogP contribution in [-0.2, 0) is 22.4 Å². The molecular formula is C34H36N2O2. The third-order valence-corrected chi connectivity index (χ3v) is 6.76. The van der Waals surface area contributed by atoms with E-state index in [1.807, 2.05) is 74.5 Å². The van der Waals surface area contributed by atoms with Gasteiger partial charge < -0.3 is 10.6 Å². The summed E-state index contributed by atoms with van der Waals surface area (Å²) in [6, 6.07) is 32.7. The number of anilines is 2. The van der Waals surface area contributed by atoms with Crippen LogP contribution >= 0.6 is 0 Å². The first-order chi connectivity index (χ1) is 18.5. The summed E-state index contributed by atoms with van der Waals surface area (Å²) in [5.74, 6) is 0.0768. The summed E-state index contributed by atoms with van der Waals surface area (Å²) in [4.78, 5) is 24.9. The number of aryl methyl sites for hydroxylation is 4. The van der Waals surface area contributed by atoms with Crippen molar-refractivity contribution < 1.29 is 9.59 Å². The monoisotopic (exact) mass is 504 g/mol. The van der Waals surface area contributed by atoms with Gasteiger partial charge in [0, 0.05) is 24.2 Å². The van der Waals surface area contributed by atoms with Crippen LogP contribution in [0.1, 0.15) is 47.9 Å². The smallest absolute Gasteiger partial charge is 0.224 e. The number of nitrogens with one attached hydrogen (secondary N) is 2. The number of carbonyl (C=O) groups is 2. The maximum absolute atomic E-state index is 12.5. The van der Waals surface area contributed by atoms with Crippen LogP contribution in [0.15, 0.2) is 97.1 Å². The van der Waals surface area contributed by atoms with Gasteiger partial charge in [0.25, 0.3) is 0 Å². The molecule has 0 aliphatic carbocycles. The van der Waals surface area contributed by atoms with Crippen LogP contribution in [0.4, 0.5) is 11.4 Å². The zero-order valence-corrected chi connectivity index (χ0v) is 22.3. The second-order valence-electron chi connectivity index (χ2n) is 9.83. The first kappa shape index (κ1) is 26.9. The Hall–Kier alpha value is -4.18. The highest BCUT2D eigenvalue weighted by Crippen LogP contribution is 2.28. The fraction of sp³-hybridized carbons (Fsp3) is 0.235. The summed E-state index contributed by atoms with van der Waals surface area (Å²) in [6.45, 7) is 4.03. The Kier molecular flexibility index (Phi) is 9.47. The second-order valence-corrected chi connectivity index (χ2v) is 9.83. The average molecular weight is 505 g/mol. The van der Waals surface area contributed by atoms with Gasteiger partial charge in [-0.15, -0.1) is 0 Å². The molecule has 0 aromatic heterocycles. The summed E-state index contributed by atoms with van der Waals surface area (Å²) >= 11 is 0. The lowest BCUT2D eigenvalue weighted by Gasteiger charge is -2.13. The molecule has 2 N–H and O–H groups in total. The van der Waals surface area contributed by atoms with Crippen molar-refractivity contribution in [2.75, 3.05) is 10.6 Å². The largest absolute Gasteiger partial charge is 0.326 e. The molecule has 38 heavy (non-hydrogen) atoms. The number of rotatable bonds is 11. The normalized spacial score (nSPS) is 10.7. The summed E-state index contributed by atoms with van der Waals surface area (Å²) in [5.41, 5.74) is 8.39. The summed E-state index contributed by atoms with van der Waals surface area (Å²) in [6.07, 6.45) is 4.43. The Morgan fingerprint density at radius 2 is 0.947 bits per heavy atom. The van der Waals surface area contributed by atoms with Crippen LogP contribution in [0.3, 0.4) is 0 Å². The molecule has 0 saturated carbocycles. The molecular weight excluding hydrogens is 468 g/mol. The van der Waals surface area contributed by atoms with Crippen LogP contribution in [0.2, 0.25) is 0 Å². The number of carbonyl (C=O) groups excluding carboxylic acids is 2. The maximum atomic E-state index is 12.5. The highest BCUT2D eigenvalue weighted by atomic mass is 16.2. The van der Waals surface area contributed by atoms with Crippen molar-refractivity contribution in [3.8, 4) is 11.1 Å². The van der Waals surface area contributed by atoms with Crippen molar-refractivity contribution in [3.05, 3.63) is 119 Å². The van der Waals surface area contributed by atoms with E-state index in [1.165, 1.54) is 11.1 Å². The topological polar surface area (TPSA) is 58.2 Å². The molecule has 0 unspecified atom stereocenters. The molecule has 0 atom stereocenters. The number of amides is 2. The molecule has 0 radical (unpaired) electrons. The molecule has 0 aliphatic rings. The minimum absolute atomic E-state index is 0.0384. The number of hydrogen-bond donors (Lipinski definition) is 2. The minimum atomic E-state index is 0.0384. The molecule has 4 aromatic carbocycles. The highest BCUT2D eigenvalue weighted by Gasteiger charge is 2.10. The van der Waals surface area contributed by atoms with E-state index in [4.69, 9.17) is 0 Å². The zero-order chi connectivity index (χ0) is 26.7. The van der Waals surface area contributed by atoms with Crippen molar-refractivity contribution in [3.63, 3.8) is 0 Å². The van der Waals surface area contributed by atoms with Gasteiger partial charge in [0.15, 0.2) is 0 Å². The van der Waals surface area contributed by atoms with Gasteiger partial charge in [-0.05, 0) is 97.2 Å². The minimum Gasteiger partial charge on any atom is -0.326 e. The van der Waals surface area contributed by atoms with Crippen molar-refractivity contribution in [2.24, 2.45) is 0 Å². The Morgan fingerprint density at radius 1 is 0.553 bits per heavy atom. The lowest BCUT2D eigenvalue weighted by molar-refractivity contribution is -0.117. The molecule has 4 aromatic rings. The van der Waals surface area contributed by atoms with E-state index in [2.05, 4.69) is 47.0 Å². The van der Waals surface area contributed by atoms with Crippen LogP contribution in [-0.4, -0.2) is 11.8 Å². The van der Waals surface area contributed by atoms with Gasteiger partial charge in [0.05, 0.1) is 0 Å². The van der Waals surface area contributed by atoms with Crippen LogP contribution in [0.5, 0.6) is 0 Å². The van der Waals surface area contributed by atoms with Crippen molar-refractivity contribution >= 4 is 23.2 Å². The average Bonchev–Trinajstić information content (AvgIpc) is 2.92. The fourth-order valence-corrected chi connectivity index (χ4v) is 4.59. The lowest BCUT2D eigenvalue weighted by atomic mass is 9.99. The molecule has 0 fully saturated rings. The molecule has 0 aliphatic heterocycles. The summed E-state index contributed by atoms with van der Waals surface area (Å²) in [5, 5.41) is 6.12. The van der Waals surface area contributed by atoms with Crippen molar-refractivity contribution in [1.29, 1.82) is 0 Å². The van der Waals surface area contributed by atoms with E-state index < -0.39 is 0 Å². The van der Waals surface area contributed by atoms with Gasteiger partial charge >= 0.3 is 0 Å². The molecule has 2 amide bonds. The molecule has 0 spiro atoms. The van der Waals surface area contributed by atoms with E-state index in [0.717, 1.165) is 59.3 Å².